The van der Waals surface area contributed by atoms with Crippen LogP contribution in [0.5, 0.6) is 0 Å². The number of amides is 2. The van der Waals surface area contributed by atoms with Gasteiger partial charge in [-0.1, -0.05) is 30.4 Å². The van der Waals surface area contributed by atoms with E-state index in [0.29, 0.717) is 18.0 Å². The topological polar surface area (TPSA) is 122 Å². The molecule has 1 heterocycles. The summed E-state index contributed by atoms with van der Waals surface area (Å²) in [4.78, 5) is 39.5. The van der Waals surface area contributed by atoms with Gasteiger partial charge < -0.3 is 20.2 Å². The summed E-state index contributed by atoms with van der Waals surface area (Å²) in [5.41, 5.74) is 1.05. The van der Waals surface area contributed by atoms with Crippen molar-refractivity contribution in [2.24, 2.45) is 5.92 Å². The first-order valence-corrected chi connectivity index (χ1v) is 13.4. The highest BCUT2D eigenvalue weighted by Gasteiger charge is 2.42. The smallest absolute Gasteiger partial charge is 0.452 e. The number of benzene rings is 1. The van der Waals surface area contributed by atoms with Crippen LogP contribution in [0, 0.1) is 5.92 Å². The number of carboxylic acids is 1. The molecule has 2 aromatic rings. The van der Waals surface area contributed by atoms with Gasteiger partial charge in [0.25, 0.3) is 5.91 Å². The van der Waals surface area contributed by atoms with E-state index in [1.165, 1.54) is 6.08 Å². The number of anilines is 1. The maximum absolute atomic E-state index is 13.5. The van der Waals surface area contributed by atoms with Crippen molar-refractivity contribution in [2.45, 2.75) is 62.4 Å². The molecular weight excluding hydrogens is 551 g/mol. The zero-order valence-corrected chi connectivity index (χ0v) is 22.2. The van der Waals surface area contributed by atoms with E-state index in [1.54, 1.807) is 24.3 Å². The number of nitrogens with one attached hydrogen (secondary N) is 2. The van der Waals surface area contributed by atoms with Crippen LogP contribution in [0.1, 0.15) is 78.6 Å². The largest absolute Gasteiger partial charge is 0.481 e. The summed E-state index contributed by atoms with van der Waals surface area (Å²) < 4.78 is 45.4. The lowest BCUT2D eigenvalue weighted by Gasteiger charge is -2.28. The van der Waals surface area contributed by atoms with Crippen molar-refractivity contribution in [1.82, 2.24) is 10.3 Å². The molecule has 40 heavy (non-hydrogen) atoms. The Morgan fingerprint density at radius 3 is 2.40 bits per heavy atom. The summed E-state index contributed by atoms with van der Waals surface area (Å²) in [5.74, 6) is -3.59. The lowest BCUT2D eigenvalue weighted by molar-refractivity contribution is -0.153. The number of aliphatic carboxylic acids is 1. The van der Waals surface area contributed by atoms with Gasteiger partial charge in [0.05, 0.1) is 5.38 Å². The van der Waals surface area contributed by atoms with Gasteiger partial charge in [0, 0.05) is 30.6 Å². The molecule has 0 bridgehead atoms. The molecule has 0 spiro atoms. The summed E-state index contributed by atoms with van der Waals surface area (Å²) in [6.07, 6.45) is 3.69. The highest BCUT2D eigenvalue weighted by Crippen LogP contribution is 2.38. The van der Waals surface area contributed by atoms with Crippen molar-refractivity contribution >= 4 is 40.6 Å². The van der Waals surface area contributed by atoms with Crippen molar-refractivity contribution in [2.75, 3.05) is 11.9 Å². The third-order valence-electron chi connectivity index (χ3n) is 7.01. The summed E-state index contributed by atoms with van der Waals surface area (Å²) in [5, 5.41) is 13.7. The average Bonchev–Trinajstić information content (AvgIpc) is 3.36. The summed E-state index contributed by atoms with van der Waals surface area (Å²) in [7, 11) is 0. The second-order valence-electron chi connectivity index (χ2n) is 9.96. The van der Waals surface area contributed by atoms with Crippen LogP contribution >= 0.6 is 11.6 Å². The van der Waals surface area contributed by atoms with Crippen LogP contribution in [-0.2, 0) is 15.8 Å². The van der Waals surface area contributed by atoms with Crippen LogP contribution in [-0.4, -0.2) is 39.8 Å². The molecule has 2 aliphatic rings. The van der Waals surface area contributed by atoms with Crippen LogP contribution < -0.4 is 10.6 Å². The van der Waals surface area contributed by atoms with Crippen molar-refractivity contribution < 1.29 is 37.1 Å². The number of hydrogen-bond donors (Lipinski definition) is 3. The molecule has 0 radical (unpaired) electrons. The number of aromatic nitrogens is 1. The fraction of sp³-hybridized carbons (Fsp3) is 0.429. The minimum Gasteiger partial charge on any atom is -0.481 e. The number of allylic oxidation sites excluding steroid dienone is 4. The van der Waals surface area contributed by atoms with Crippen LogP contribution in [0.25, 0.3) is 5.57 Å². The van der Waals surface area contributed by atoms with E-state index >= 15 is 0 Å². The van der Waals surface area contributed by atoms with Gasteiger partial charge in [-0.15, -0.1) is 11.6 Å². The van der Waals surface area contributed by atoms with Gasteiger partial charge in [0.15, 0.2) is 5.69 Å². The first kappa shape index (κ1) is 29.4. The van der Waals surface area contributed by atoms with Gasteiger partial charge in [-0.25, -0.2) is 4.98 Å². The summed E-state index contributed by atoms with van der Waals surface area (Å²) in [6, 6.07) is 7.38. The normalized spacial score (nSPS) is 21.0. The van der Waals surface area contributed by atoms with E-state index in [4.69, 9.17) is 21.1 Å². The minimum absolute atomic E-state index is 0.169. The van der Waals surface area contributed by atoms with Crippen molar-refractivity contribution in [3.63, 3.8) is 0 Å². The molecule has 0 saturated heterocycles. The standard InChI is InChI=1S/C28H29ClF3N3O5/c29-20-9-5-19(6-10-20)27-35-24(25(40-27)28(30,31)32)26(39)33-14-13-22(36)34-21-11-7-18(8-12-21)17-3-1-16(2-4-17)15-23(37)38/h5-9,11-12,16-17,20H,1-4,10,13-15H2,(H,33,39)(H,34,36)(H,37,38). The predicted molar refractivity (Wildman–Crippen MR) is 142 cm³/mol. The first-order chi connectivity index (χ1) is 19.0. The van der Waals surface area contributed by atoms with E-state index in [9.17, 15) is 27.6 Å². The number of oxazole rings is 1. The average molecular weight is 580 g/mol. The molecule has 4 rings (SSSR count). The van der Waals surface area contributed by atoms with Gasteiger partial charge in [-0.05, 0) is 61.6 Å². The molecule has 2 amide bonds. The number of halogens is 4. The third kappa shape index (κ3) is 7.74. The molecule has 1 unspecified atom stereocenters. The fourth-order valence-electron chi connectivity index (χ4n) is 4.92. The summed E-state index contributed by atoms with van der Waals surface area (Å²) >= 11 is 5.94. The Morgan fingerprint density at radius 1 is 1.10 bits per heavy atom. The maximum Gasteiger partial charge on any atom is 0.452 e. The molecule has 12 heteroatoms. The Bertz CT molecular complexity index is 1300. The molecule has 0 aliphatic heterocycles. The Kier molecular flexibility index (Phi) is 9.34. The molecule has 1 aromatic carbocycles. The SMILES string of the molecule is O=C(O)CC1CCC(c2ccc(NC(=O)CCNC(=O)c3nc(C4=CCC(Cl)C=C4)oc3C(F)(F)F)cc2)CC1. The third-order valence-corrected chi connectivity index (χ3v) is 7.33. The van der Waals surface area contributed by atoms with Gasteiger partial charge >= 0.3 is 12.1 Å². The van der Waals surface area contributed by atoms with Crippen LogP contribution in [0.15, 0.2) is 46.9 Å². The van der Waals surface area contributed by atoms with Crippen molar-refractivity contribution in [1.29, 1.82) is 0 Å². The maximum atomic E-state index is 13.5. The predicted octanol–water partition coefficient (Wildman–Crippen LogP) is 6.15. The van der Waals surface area contributed by atoms with Gasteiger partial charge in [0.2, 0.25) is 17.6 Å². The monoisotopic (exact) mass is 579 g/mol. The second-order valence-corrected chi connectivity index (χ2v) is 10.5. The van der Waals surface area contributed by atoms with Crippen molar-refractivity contribution in [3.8, 4) is 0 Å². The van der Waals surface area contributed by atoms with E-state index in [1.807, 2.05) is 12.1 Å². The molecule has 1 atom stereocenters. The minimum atomic E-state index is -4.94. The molecule has 8 nitrogen and oxygen atoms in total. The zero-order valence-electron chi connectivity index (χ0n) is 21.5. The molecule has 1 saturated carbocycles. The number of carbonyl (C=O) groups is 3. The Labute approximate surface area is 233 Å². The Hall–Kier alpha value is -3.60. The Balaban J connectivity index is 1.27. The molecule has 1 fully saturated rings. The van der Waals surface area contributed by atoms with Gasteiger partial charge in [0.1, 0.15) is 0 Å². The highest BCUT2D eigenvalue weighted by molar-refractivity contribution is 6.22. The number of nitrogens with zero attached hydrogens (tertiary/aromatic N) is 1. The fourth-order valence-corrected chi connectivity index (χ4v) is 5.09. The van der Waals surface area contributed by atoms with Crippen molar-refractivity contribution in [3.05, 3.63) is 65.4 Å². The van der Waals surface area contributed by atoms with E-state index in [0.717, 1.165) is 31.2 Å². The molecule has 3 N–H and O–H groups in total. The van der Waals surface area contributed by atoms with Gasteiger partial charge in [-0.3, -0.25) is 14.4 Å². The number of rotatable bonds is 9. The molecule has 2 aliphatic carbocycles. The molecule has 1 aromatic heterocycles. The number of carbonyl (C=O) groups excluding carboxylic acids is 2. The number of alkyl halides is 4. The summed E-state index contributed by atoms with van der Waals surface area (Å²) in [6.45, 7) is -0.210. The number of carboxylic acid groups (broad SMARTS) is 1. The second kappa shape index (κ2) is 12.7. The quantitative estimate of drug-likeness (QED) is 0.306. The van der Waals surface area contributed by atoms with Gasteiger partial charge in [-0.2, -0.15) is 13.2 Å². The molecule has 214 valence electrons. The van der Waals surface area contributed by atoms with E-state index in [-0.39, 0.29) is 42.1 Å². The lowest BCUT2D eigenvalue weighted by Crippen LogP contribution is -2.29. The lowest BCUT2D eigenvalue weighted by atomic mass is 9.77. The van der Waals surface area contributed by atoms with Crippen LogP contribution in [0.4, 0.5) is 18.9 Å². The van der Waals surface area contributed by atoms with E-state index in [2.05, 4.69) is 15.6 Å². The molecular formula is C28H29ClF3N3O5. The van der Waals surface area contributed by atoms with Crippen LogP contribution in [0.2, 0.25) is 0 Å². The van der Waals surface area contributed by atoms with Crippen LogP contribution in [0.3, 0.4) is 0 Å². The zero-order chi connectivity index (χ0) is 28.9. The first-order valence-electron chi connectivity index (χ1n) is 13.0. The Morgan fingerprint density at radius 2 is 1.80 bits per heavy atom. The highest BCUT2D eigenvalue weighted by atomic mass is 35.5. The number of hydrogen-bond acceptors (Lipinski definition) is 5. The van der Waals surface area contributed by atoms with E-state index < -0.39 is 35.4 Å².